The third kappa shape index (κ3) is 6.93. The largest absolute Gasteiger partial charge is 0.490 e. The van der Waals surface area contributed by atoms with Gasteiger partial charge in [0.1, 0.15) is 17.2 Å². The van der Waals surface area contributed by atoms with Crippen LogP contribution in [0.4, 0.5) is 35.1 Å². The number of carboxylic acid groups (broad SMARTS) is 1. The van der Waals surface area contributed by atoms with E-state index in [9.17, 15) is 35.1 Å². The third-order valence-electron chi connectivity index (χ3n) is 5.20. The van der Waals surface area contributed by atoms with Crippen LogP contribution in [-0.4, -0.2) is 45.7 Å². The smallest absolute Gasteiger partial charge is 0.475 e. The Morgan fingerprint density at radius 3 is 2.33 bits per heavy atom. The number of aliphatic carboxylic acids is 1. The van der Waals surface area contributed by atoms with E-state index in [4.69, 9.17) is 31.8 Å². The molecule has 0 amide bonds. The van der Waals surface area contributed by atoms with E-state index in [1.54, 1.807) is 0 Å². The van der Waals surface area contributed by atoms with Gasteiger partial charge in [-0.15, -0.1) is 0 Å². The average Bonchev–Trinajstić information content (AvgIpc) is 3.28. The van der Waals surface area contributed by atoms with Crippen molar-refractivity contribution in [2.24, 2.45) is 10.7 Å². The maximum absolute atomic E-state index is 14.7. The maximum Gasteiger partial charge on any atom is 0.490 e. The lowest BCUT2D eigenvalue weighted by Gasteiger charge is -2.36. The van der Waals surface area contributed by atoms with Crippen LogP contribution in [0.2, 0.25) is 5.02 Å². The first-order valence-electron chi connectivity index (χ1n) is 10.4. The van der Waals surface area contributed by atoms with Crippen molar-refractivity contribution in [3.8, 4) is 22.7 Å². The van der Waals surface area contributed by atoms with Gasteiger partial charge in [-0.25, -0.2) is 23.6 Å². The van der Waals surface area contributed by atoms with Crippen LogP contribution in [-0.2, 0) is 15.1 Å². The number of alkyl halides is 6. The Kier molecular flexibility index (Phi) is 8.10. The average molecular weight is 587 g/mol. The molecule has 0 bridgehead atoms. The number of carboxylic acids is 1. The van der Waals surface area contributed by atoms with Crippen molar-refractivity contribution in [3.63, 3.8) is 0 Å². The van der Waals surface area contributed by atoms with Gasteiger partial charge in [-0.3, -0.25) is 0 Å². The molecule has 3 N–H and O–H groups in total. The van der Waals surface area contributed by atoms with Gasteiger partial charge in [-0.05, 0) is 31.2 Å². The molecule has 0 saturated heterocycles. The number of amidine groups is 1. The van der Waals surface area contributed by atoms with Crippen LogP contribution < -0.4 is 5.73 Å². The lowest BCUT2D eigenvalue weighted by Crippen LogP contribution is -2.46. The number of aliphatic imine (C=N–C) groups is 1. The van der Waals surface area contributed by atoms with Gasteiger partial charge in [0, 0.05) is 29.8 Å². The van der Waals surface area contributed by atoms with E-state index in [2.05, 4.69) is 19.9 Å². The van der Waals surface area contributed by atoms with Crippen LogP contribution in [0.1, 0.15) is 18.9 Å². The van der Waals surface area contributed by atoms with E-state index in [-0.39, 0.29) is 33.3 Å². The fourth-order valence-electron chi connectivity index (χ4n) is 3.43. The van der Waals surface area contributed by atoms with Gasteiger partial charge in [0.15, 0.2) is 17.7 Å². The van der Waals surface area contributed by atoms with Crippen molar-refractivity contribution in [1.82, 2.24) is 10.1 Å². The molecular weight excluding hydrogens is 572 g/mol. The van der Waals surface area contributed by atoms with E-state index < -0.39 is 54.0 Å². The van der Waals surface area contributed by atoms with Crippen LogP contribution >= 0.6 is 11.6 Å². The molecule has 0 spiro atoms. The number of halogens is 9. The van der Waals surface area contributed by atoms with Crippen LogP contribution in [0.3, 0.4) is 0 Å². The molecule has 1 aliphatic heterocycles. The number of rotatable bonds is 3. The first kappa shape index (κ1) is 29.6. The fraction of sp³-hybridized carbons (Fsp3) is 0.273. The van der Waals surface area contributed by atoms with Crippen molar-refractivity contribution in [3.05, 3.63) is 58.7 Å². The topological polar surface area (TPSA) is 124 Å². The minimum absolute atomic E-state index is 0.0525. The summed E-state index contributed by atoms with van der Waals surface area (Å²) < 4.78 is 110. The monoisotopic (exact) mass is 586 g/mol. The molecule has 3 aromatic rings. The zero-order valence-electron chi connectivity index (χ0n) is 19.2. The summed E-state index contributed by atoms with van der Waals surface area (Å²) in [4.78, 5) is 16.7. The molecule has 210 valence electrons. The summed E-state index contributed by atoms with van der Waals surface area (Å²) in [6, 6.07) is 5.39. The van der Waals surface area contributed by atoms with Gasteiger partial charge in [0.25, 0.3) is 6.02 Å². The molecule has 1 aromatic carbocycles. The van der Waals surface area contributed by atoms with Gasteiger partial charge in [0.2, 0.25) is 0 Å². The summed E-state index contributed by atoms with van der Waals surface area (Å²) in [6.07, 6.45) is -11.5. The molecular formula is C22H15ClF8N4O4. The Balaban J connectivity index is 0.000000532. The number of nitrogens with zero attached hydrogens (tertiary/aromatic N) is 3. The highest BCUT2D eigenvalue weighted by Gasteiger charge is 2.50. The summed E-state index contributed by atoms with van der Waals surface area (Å²) in [5.41, 5.74) is 3.86. The molecule has 2 atom stereocenters. The summed E-state index contributed by atoms with van der Waals surface area (Å²) in [6.45, 7) is 1.32. The lowest BCUT2D eigenvalue weighted by molar-refractivity contribution is -0.208. The van der Waals surface area contributed by atoms with Crippen LogP contribution in [0.5, 0.6) is 0 Å². The second-order valence-electron chi connectivity index (χ2n) is 8.13. The predicted octanol–water partition coefficient (Wildman–Crippen LogP) is 5.85. The molecule has 0 aliphatic carbocycles. The molecule has 2 aromatic heterocycles. The molecule has 0 radical (unpaired) electrons. The third-order valence-corrected chi connectivity index (χ3v) is 5.41. The first-order chi connectivity index (χ1) is 17.9. The second kappa shape index (κ2) is 10.7. The number of hydrogen-bond acceptors (Lipinski definition) is 7. The van der Waals surface area contributed by atoms with Gasteiger partial charge < -0.3 is 20.1 Å². The number of pyridine rings is 1. The number of aromatic nitrogens is 2. The zero-order valence-corrected chi connectivity index (χ0v) is 20.0. The van der Waals surface area contributed by atoms with Gasteiger partial charge in [-0.1, -0.05) is 16.8 Å². The van der Waals surface area contributed by atoms with E-state index in [1.807, 2.05) is 0 Å². The van der Waals surface area contributed by atoms with Gasteiger partial charge >= 0.3 is 18.3 Å². The SMILES string of the molecule is C[C@@]1(c2cc(-c3cc(-c4ncc(Cl)cc4F)no3)ccc2F)C[C@@H](C(F)(F)F)OC(N)=N1.O=C(O)C(F)(F)F. The molecule has 0 unspecified atom stereocenters. The standard InChI is InChI=1S/C20H14ClF5N4O2.C2HF3O2/c1-19(7-16(20(24,25)26)31-18(27)29-19)11-4-9(2-3-12(11)22)15-6-14(30-32-15)17-13(23)5-10(21)8-28-17;3-2(4,5)1(6)7/h2-6,8,16H,7H2,1H3,(H2,27,29);(H,6,7)/t16-,19-;/m0./s1. The molecule has 4 rings (SSSR count). The second-order valence-corrected chi connectivity index (χ2v) is 8.57. The highest BCUT2D eigenvalue weighted by atomic mass is 35.5. The van der Waals surface area contributed by atoms with Crippen molar-refractivity contribution < 1.29 is 54.3 Å². The quantitative estimate of drug-likeness (QED) is 0.369. The van der Waals surface area contributed by atoms with Crippen molar-refractivity contribution >= 4 is 23.6 Å². The number of nitrogens with two attached hydrogens (primary N) is 1. The number of benzene rings is 1. The zero-order chi connectivity index (χ0) is 29.3. The van der Waals surface area contributed by atoms with Gasteiger partial charge in [-0.2, -0.15) is 26.3 Å². The Labute approximate surface area is 218 Å². The van der Waals surface area contributed by atoms with Crippen LogP contribution in [0, 0.1) is 11.6 Å². The summed E-state index contributed by atoms with van der Waals surface area (Å²) in [5, 5.41) is 11.0. The Bertz CT molecular complexity index is 1410. The Hall–Kier alpha value is -3.95. The van der Waals surface area contributed by atoms with E-state index in [0.717, 1.165) is 12.1 Å². The molecule has 39 heavy (non-hydrogen) atoms. The molecule has 3 heterocycles. The number of hydrogen-bond donors (Lipinski definition) is 2. The van der Waals surface area contributed by atoms with Crippen LogP contribution in [0.15, 0.2) is 46.0 Å². The normalized spacial score (nSPS) is 19.4. The summed E-state index contributed by atoms with van der Waals surface area (Å²) in [5.74, 6) is -4.17. The highest BCUT2D eigenvalue weighted by molar-refractivity contribution is 6.30. The molecule has 1 aliphatic rings. The van der Waals surface area contributed by atoms with E-state index in [1.165, 1.54) is 31.3 Å². The fourth-order valence-corrected chi connectivity index (χ4v) is 3.58. The van der Waals surface area contributed by atoms with Crippen molar-refractivity contribution in [2.45, 2.75) is 37.3 Å². The number of carbonyl (C=O) groups is 1. The minimum Gasteiger partial charge on any atom is -0.475 e. The maximum atomic E-state index is 14.7. The minimum atomic E-state index is -5.08. The molecule has 0 saturated carbocycles. The highest BCUT2D eigenvalue weighted by Crippen LogP contribution is 2.42. The lowest BCUT2D eigenvalue weighted by atomic mass is 9.84. The predicted molar refractivity (Wildman–Crippen MR) is 118 cm³/mol. The summed E-state index contributed by atoms with van der Waals surface area (Å²) >= 11 is 5.69. The molecule has 0 fully saturated rings. The summed E-state index contributed by atoms with van der Waals surface area (Å²) in [7, 11) is 0. The molecule has 17 heteroatoms. The van der Waals surface area contributed by atoms with Crippen LogP contribution in [0.25, 0.3) is 22.7 Å². The van der Waals surface area contributed by atoms with E-state index in [0.29, 0.717) is 0 Å². The Morgan fingerprint density at radius 1 is 1.13 bits per heavy atom. The van der Waals surface area contributed by atoms with Crippen molar-refractivity contribution in [2.75, 3.05) is 0 Å². The Morgan fingerprint density at radius 2 is 1.77 bits per heavy atom. The van der Waals surface area contributed by atoms with E-state index >= 15 is 0 Å². The number of ether oxygens (including phenoxy) is 1. The molecule has 8 nitrogen and oxygen atoms in total. The van der Waals surface area contributed by atoms with Gasteiger partial charge in [0.05, 0.1) is 10.6 Å². The first-order valence-corrected chi connectivity index (χ1v) is 10.8. The van der Waals surface area contributed by atoms with Crippen molar-refractivity contribution in [1.29, 1.82) is 0 Å².